The summed E-state index contributed by atoms with van der Waals surface area (Å²) in [6.07, 6.45) is 4.18. The van der Waals surface area contributed by atoms with Crippen molar-refractivity contribution in [2.45, 2.75) is 19.3 Å². The maximum atomic E-state index is 11.7. The highest BCUT2D eigenvalue weighted by atomic mass is 79.9. The molecule has 100 valence electrons. The lowest BCUT2D eigenvalue weighted by Crippen LogP contribution is -2.11. The van der Waals surface area contributed by atoms with Gasteiger partial charge in [0.2, 0.25) is 5.91 Å². The third kappa shape index (κ3) is 4.21. The summed E-state index contributed by atoms with van der Waals surface area (Å²) in [6, 6.07) is 9.63. The summed E-state index contributed by atoms with van der Waals surface area (Å²) in [5.74, 6) is 0.0581. The largest absolute Gasteiger partial charge is 0.326 e. The maximum Gasteiger partial charge on any atom is 0.224 e. The minimum Gasteiger partial charge on any atom is -0.326 e. The molecule has 0 aliphatic carbocycles. The molecule has 0 saturated heterocycles. The first kappa shape index (κ1) is 13.8. The number of aromatic amines is 1. The van der Waals surface area contributed by atoms with Crippen LogP contribution in [0.4, 0.5) is 5.69 Å². The van der Waals surface area contributed by atoms with Gasteiger partial charge in [0.05, 0.1) is 5.69 Å². The SMILES string of the molecule is O=C(CCCCBr)Nc1cccc(-c2ccn[nH]2)c1. The number of nitrogens with one attached hydrogen (secondary N) is 2. The Kier molecular flexibility index (Phi) is 5.15. The van der Waals surface area contributed by atoms with Crippen LogP contribution in [0.3, 0.4) is 0 Å². The van der Waals surface area contributed by atoms with Crippen LogP contribution in [0.15, 0.2) is 36.5 Å². The van der Waals surface area contributed by atoms with Crippen molar-refractivity contribution in [3.8, 4) is 11.3 Å². The van der Waals surface area contributed by atoms with E-state index in [9.17, 15) is 4.79 Å². The Balaban J connectivity index is 1.97. The lowest BCUT2D eigenvalue weighted by atomic mass is 10.1. The molecule has 0 unspecified atom stereocenters. The Morgan fingerprint density at radius 2 is 2.21 bits per heavy atom. The number of nitrogens with zero attached hydrogens (tertiary/aromatic N) is 1. The quantitative estimate of drug-likeness (QED) is 0.631. The molecule has 0 fully saturated rings. The summed E-state index contributed by atoms with van der Waals surface area (Å²) in [4.78, 5) is 11.7. The summed E-state index contributed by atoms with van der Waals surface area (Å²) < 4.78 is 0. The molecule has 0 aliphatic rings. The number of halogens is 1. The van der Waals surface area contributed by atoms with Gasteiger partial charge in [-0.2, -0.15) is 5.10 Å². The molecule has 0 radical (unpaired) electrons. The van der Waals surface area contributed by atoms with Crippen LogP contribution < -0.4 is 5.32 Å². The first-order chi connectivity index (χ1) is 9.29. The Morgan fingerprint density at radius 1 is 1.32 bits per heavy atom. The van der Waals surface area contributed by atoms with Gasteiger partial charge >= 0.3 is 0 Å². The molecule has 5 heteroatoms. The van der Waals surface area contributed by atoms with Gasteiger partial charge < -0.3 is 5.32 Å². The van der Waals surface area contributed by atoms with Gasteiger partial charge in [-0.05, 0) is 31.0 Å². The minimum absolute atomic E-state index is 0.0581. The Labute approximate surface area is 120 Å². The fraction of sp³-hybridized carbons (Fsp3) is 0.286. The summed E-state index contributed by atoms with van der Waals surface area (Å²) >= 11 is 3.36. The number of alkyl halides is 1. The van der Waals surface area contributed by atoms with Gasteiger partial charge in [0.15, 0.2) is 0 Å². The van der Waals surface area contributed by atoms with E-state index in [0.29, 0.717) is 6.42 Å². The van der Waals surface area contributed by atoms with Crippen molar-refractivity contribution in [1.29, 1.82) is 0 Å². The number of H-pyrrole nitrogens is 1. The number of aromatic nitrogens is 2. The van der Waals surface area contributed by atoms with Gasteiger partial charge in [-0.1, -0.05) is 28.1 Å². The zero-order valence-corrected chi connectivity index (χ0v) is 12.1. The second-order valence-corrected chi connectivity index (χ2v) is 5.04. The van der Waals surface area contributed by atoms with Gasteiger partial charge in [0.1, 0.15) is 0 Å². The van der Waals surface area contributed by atoms with Crippen LogP contribution in [0.5, 0.6) is 0 Å². The second kappa shape index (κ2) is 7.09. The first-order valence-electron chi connectivity index (χ1n) is 6.25. The van der Waals surface area contributed by atoms with Crippen molar-refractivity contribution >= 4 is 27.5 Å². The number of benzene rings is 1. The van der Waals surface area contributed by atoms with Crippen LogP contribution in [-0.4, -0.2) is 21.4 Å². The van der Waals surface area contributed by atoms with Crippen LogP contribution in [-0.2, 0) is 4.79 Å². The number of rotatable bonds is 6. The molecule has 1 aromatic heterocycles. The molecule has 19 heavy (non-hydrogen) atoms. The first-order valence-corrected chi connectivity index (χ1v) is 7.37. The summed E-state index contributed by atoms with van der Waals surface area (Å²) in [6.45, 7) is 0. The maximum absolute atomic E-state index is 11.7. The highest BCUT2D eigenvalue weighted by molar-refractivity contribution is 9.09. The molecule has 0 spiro atoms. The van der Waals surface area contributed by atoms with E-state index in [1.54, 1.807) is 6.20 Å². The van der Waals surface area contributed by atoms with Gasteiger partial charge in [-0.25, -0.2) is 0 Å². The summed E-state index contributed by atoms with van der Waals surface area (Å²) in [7, 11) is 0. The van der Waals surface area contributed by atoms with Gasteiger partial charge in [0.25, 0.3) is 0 Å². The van der Waals surface area contributed by atoms with Crippen molar-refractivity contribution in [3.63, 3.8) is 0 Å². The minimum atomic E-state index is 0.0581. The second-order valence-electron chi connectivity index (χ2n) is 4.25. The molecule has 1 aromatic carbocycles. The zero-order valence-electron chi connectivity index (χ0n) is 10.5. The smallest absolute Gasteiger partial charge is 0.224 e. The molecule has 0 atom stereocenters. The lowest BCUT2D eigenvalue weighted by molar-refractivity contribution is -0.116. The highest BCUT2D eigenvalue weighted by Crippen LogP contribution is 2.20. The number of carbonyl (C=O) groups excluding carboxylic acids is 1. The molecule has 2 N–H and O–H groups in total. The van der Waals surface area contributed by atoms with E-state index in [4.69, 9.17) is 0 Å². The average molecular weight is 322 g/mol. The Morgan fingerprint density at radius 3 is 2.95 bits per heavy atom. The average Bonchev–Trinajstić information content (AvgIpc) is 2.93. The van der Waals surface area contributed by atoms with E-state index in [-0.39, 0.29) is 5.91 Å². The predicted molar refractivity (Wildman–Crippen MR) is 80.3 cm³/mol. The summed E-state index contributed by atoms with van der Waals surface area (Å²) in [5.41, 5.74) is 2.77. The summed E-state index contributed by atoms with van der Waals surface area (Å²) in [5, 5.41) is 10.7. The highest BCUT2D eigenvalue weighted by Gasteiger charge is 2.04. The Bertz CT molecular complexity index is 525. The fourth-order valence-corrected chi connectivity index (χ4v) is 2.18. The fourth-order valence-electron chi connectivity index (χ4n) is 1.78. The molecule has 4 nitrogen and oxygen atoms in total. The molecular formula is C14H16BrN3O. The number of carbonyl (C=O) groups is 1. The van der Waals surface area contributed by atoms with Crippen LogP contribution in [0, 0.1) is 0 Å². The topological polar surface area (TPSA) is 57.8 Å². The van der Waals surface area contributed by atoms with E-state index in [2.05, 4.69) is 31.4 Å². The number of hydrogen-bond acceptors (Lipinski definition) is 2. The molecular weight excluding hydrogens is 306 g/mol. The van der Waals surface area contributed by atoms with E-state index >= 15 is 0 Å². The van der Waals surface area contributed by atoms with E-state index in [1.807, 2.05) is 30.3 Å². The molecule has 2 aromatic rings. The third-order valence-electron chi connectivity index (χ3n) is 2.75. The molecule has 1 heterocycles. The predicted octanol–water partition coefficient (Wildman–Crippen LogP) is 3.58. The number of anilines is 1. The molecule has 1 amide bonds. The molecule has 0 bridgehead atoms. The van der Waals surface area contributed by atoms with Crippen molar-refractivity contribution in [2.24, 2.45) is 0 Å². The van der Waals surface area contributed by atoms with Gasteiger partial charge in [0, 0.05) is 29.2 Å². The van der Waals surface area contributed by atoms with Gasteiger partial charge in [-0.15, -0.1) is 0 Å². The van der Waals surface area contributed by atoms with Gasteiger partial charge in [-0.3, -0.25) is 9.89 Å². The van der Waals surface area contributed by atoms with Crippen LogP contribution in [0.2, 0.25) is 0 Å². The van der Waals surface area contributed by atoms with E-state index < -0.39 is 0 Å². The van der Waals surface area contributed by atoms with Crippen LogP contribution >= 0.6 is 15.9 Å². The number of unbranched alkanes of at least 4 members (excludes halogenated alkanes) is 1. The van der Waals surface area contributed by atoms with E-state index in [0.717, 1.165) is 35.1 Å². The van der Waals surface area contributed by atoms with Crippen LogP contribution in [0.25, 0.3) is 11.3 Å². The third-order valence-corrected chi connectivity index (χ3v) is 3.31. The standard InChI is InChI=1S/C14H16BrN3O/c15-8-2-1-6-14(19)17-12-5-3-4-11(10-12)13-7-9-16-18-13/h3-5,7,9-10H,1-2,6,8H2,(H,16,18)(H,17,19). The number of amides is 1. The normalized spacial score (nSPS) is 10.4. The van der Waals surface area contributed by atoms with Crippen molar-refractivity contribution in [1.82, 2.24) is 10.2 Å². The van der Waals surface area contributed by atoms with Crippen molar-refractivity contribution < 1.29 is 4.79 Å². The molecule has 0 aliphatic heterocycles. The number of hydrogen-bond donors (Lipinski definition) is 2. The molecule has 0 saturated carbocycles. The van der Waals surface area contributed by atoms with E-state index in [1.165, 1.54) is 0 Å². The molecule has 2 rings (SSSR count). The monoisotopic (exact) mass is 321 g/mol. The van der Waals surface area contributed by atoms with Crippen molar-refractivity contribution in [3.05, 3.63) is 36.5 Å². The zero-order chi connectivity index (χ0) is 13.5. The Hall–Kier alpha value is -1.62. The van der Waals surface area contributed by atoms with Crippen molar-refractivity contribution in [2.75, 3.05) is 10.6 Å². The van der Waals surface area contributed by atoms with Crippen LogP contribution in [0.1, 0.15) is 19.3 Å². The lowest BCUT2D eigenvalue weighted by Gasteiger charge is -2.06.